The molecule has 2 N–H and O–H groups in total. The summed E-state index contributed by atoms with van der Waals surface area (Å²) >= 11 is 5.79. The van der Waals surface area contributed by atoms with Crippen LogP contribution in [0.4, 0.5) is 5.69 Å². The van der Waals surface area contributed by atoms with Gasteiger partial charge in [-0.15, -0.1) is 0 Å². The van der Waals surface area contributed by atoms with Crippen molar-refractivity contribution in [2.24, 2.45) is 0 Å². The number of amides is 2. The molecule has 30 heavy (non-hydrogen) atoms. The summed E-state index contributed by atoms with van der Waals surface area (Å²) in [6, 6.07) is 11.5. The van der Waals surface area contributed by atoms with Crippen molar-refractivity contribution in [3.63, 3.8) is 0 Å². The summed E-state index contributed by atoms with van der Waals surface area (Å²) in [5.74, 6) is -0.0902. The van der Waals surface area contributed by atoms with Gasteiger partial charge in [-0.25, -0.2) is 0 Å². The Morgan fingerprint density at radius 2 is 1.83 bits per heavy atom. The van der Waals surface area contributed by atoms with Crippen molar-refractivity contribution < 1.29 is 28.6 Å². The van der Waals surface area contributed by atoms with Gasteiger partial charge in [-0.2, -0.15) is 0 Å². The summed E-state index contributed by atoms with van der Waals surface area (Å²) in [5.41, 5.74) is 0.993. The molecule has 9 heteroatoms. The highest BCUT2D eigenvalue weighted by Gasteiger charge is 2.19. The number of halogens is 1. The predicted molar refractivity (Wildman–Crippen MR) is 110 cm³/mol. The first-order valence-electron chi connectivity index (χ1n) is 9.36. The van der Waals surface area contributed by atoms with Gasteiger partial charge in [0.15, 0.2) is 17.6 Å². The molecule has 0 bridgehead atoms. The molecule has 2 amide bonds. The Morgan fingerprint density at radius 3 is 2.60 bits per heavy atom. The Hall–Kier alpha value is -3.26. The molecule has 158 valence electrons. The second-order valence-corrected chi connectivity index (χ2v) is 6.99. The third-order valence-electron chi connectivity index (χ3n) is 4.27. The highest BCUT2D eigenvalue weighted by molar-refractivity contribution is 6.30. The summed E-state index contributed by atoms with van der Waals surface area (Å²) in [6.07, 6.45) is -0.511. The fourth-order valence-corrected chi connectivity index (χ4v) is 2.79. The molecule has 8 nitrogen and oxygen atoms in total. The Bertz CT molecular complexity index is 932. The smallest absolute Gasteiger partial charge is 0.306 e. The van der Waals surface area contributed by atoms with Crippen LogP contribution in [0.2, 0.25) is 5.02 Å². The van der Waals surface area contributed by atoms with Crippen LogP contribution in [0.1, 0.15) is 30.1 Å². The summed E-state index contributed by atoms with van der Waals surface area (Å²) in [7, 11) is 0. The molecule has 0 spiro atoms. The first-order chi connectivity index (χ1) is 14.4. The lowest BCUT2D eigenvalue weighted by molar-refractivity contribution is -0.153. The number of esters is 1. The van der Waals surface area contributed by atoms with E-state index in [4.69, 9.17) is 25.8 Å². The Kier molecular flexibility index (Phi) is 7.13. The number of benzene rings is 2. The molecule has 1 atom stereocenters. The number of hydrogen-bond acceptors (Lipinski definition) is 6. The number of anilines is 1. The van der Waals surface area contributed by atoms with E-state index in [0.717, 1.165) is 0 Å². The standard InChI is InChI=1S/C21H21ClN2O6/c1-13(20(26)24-16-8-9-17-18(11-16)29-12-28-17)30-19(25)3-2-10-23-21(27)14-4-6-15(22)7-5-14/h4-9,11,13H,2-3,10,12H2,1H3,(H,23,27)(H,24,26). The molecule has 1 aliphatic heterocycles. The molecule has 0 aliphatic carbocycles. The number of carbonyl (C=O) groups excluding carboxylic acids is 3. The Morgan fingerprint density at radius 1 is 1.10 bits per heavy atom. The molecule has 3 rings (SSSR count). The second kappa shape index (κ2) is 9.98. The van der Waals surface area contributed by atoms with Crippen LogP contribution in [0, 0.1) is 0 Å². The Balaban J connectivity index is 1.36. The molecule has 1 unspecified atom stereocenters. The number of ether oxygens (including phenoxy) is 3. The zero-order valence-electron chi connectivity index (χ0n) is 16.3. The lowest BCUT2D eigenvalue weighted by atomic mass is 10.2. The molecular weight excluding hydrogens is 412 g/mol. The minimum absolute atomic E-state index is 0.0720. The quantitative estimate of drug-likeness (QED) is 0.490. The second-order valence-electron chi connectivity index (χ2n) is 6.56. The molecule has 2 aromatic carbocycles. The van der Waals surface area contributed by atoms with Crippen molar-refractivity contribution >= 4 is 35.1 Å². The van der Waals surface area contributed by atoms with Crippen LogP contribution in [0.15, 0.2) is 42.5 Å². The maximum Gasteiger partial charge on any atom is 0.306 e. The molecule has 0 saturated heterocycles. The van der Waals surface area contributed by atoms with Crippen LogP contribution in [-0.2, 0) is 14.3 Å². The normalized spacial score (nSPS) is 12.7. The fraction of sp³-hybridized carbons (Fsp3) is 0.286. The van der Waals surface area contributed by atoms with Gasteiger partial charge >= 0.3 is 5.97 Å². The van der Waals surface area contributed by atoms with Gasteiger partial charge in [0.25, 0.3) is 11.8 Å². The lowest BCUT2D eigenvalue weighted by Crippen LogP contribution is -2.30. The van der Waals surface area contributed by atoms with E-state index in [2.05, 4.69) is 10.6 Å². The fourth-order valence-electron chi connectivity index (χ4n) is 2.67. The van der Waals surface area contributed by atoms with E-state index in [0.29, 0.717) is 40.7 Å². The van der Waals surface area contributed by atoms with Gasteiger partial charge < -0.3 is 24.8 Å². The van der Waals surface area contributed by atoms with Crippen molar-refractivity contribution in [1.82, 2.24) is 5.32 Å². The monoisotopic (exact) mass is 432 g/mol. The molecule has 1 aliphatic rings. The van der Waals surface area contributed by atoms with Crippen molar-refractivity contribution in [3.05, 3.63) is 53.1 Å². The number of fused-ring (bicyclic) bond motifs is 1. The summed E-state index contributed by atoms with van der Waals surface area (Å²) in [5, 5.41) is 5.92. The summed E-state index contributed by atoms with van der Waals surface area (Å²) in [6.45, 7) is 1.93. The number of hydrogen-bond donors (Lipinski definition) is 2. The minimum atomic E-state index is -0.966. The van der Waals surface area contributed by atoms with Crippen LogP contribution in [-0.4, -0.2) is 37.2 Å². The SMILES string of the molecule is CC(OC(=O)CCCNC(=O)c1ccc(Cl)cc1)C(=O)Nc1ccc2c(c1)OCO2. The molecule has 0 radical (unpaired) electrons. The first-order valence-corrected chi connectivity index (χ1v) is 9.74. The van der Waals surface area contributed by atoms with E-state index in [9.17, 15) is 14.4 Å². The molecule has 0 saturated carbocycles. The van der Waals surface area contributed by atoms with Gasteiger partial charge in [0, 0.05) is 35.3 Å². The maximum atomic E-state index is 12.2. The van der Waals surface area contributed by atoms with E-state index < -0.39 is 18.0 Å². The molecule has 1 heterocycles. The van der Waals surface area contributed by atoms with E-state index in [-0.39, 0.29) is 19.1 Å². The molecular formula is C21H21ClN2O6. The largest absolute Gasteiger partial charge is 0.454 e. The van der Waals surface area contributed by atoms with E-state index >= 15 is 0 Å². The average molecular weight is 433 g/mol. The van der Waals surface area contributed by atoms with E-state index in [1.807, 2.05) is 0 Å². The highest BCUT2D eigenvalue weighted by atomic mass is 35.5. The van der Waals surface area contributed by atoms with Gasteiger partial charge in [-0.1, -0.05) is 11.6 Å². The zero-order chi connectivity index (χ0) is 21.5. The van der Waals surface area contributed by atoms with E-state index in [1.165, 1.54) is 6.92 Å². The van der Waals surface area contributed by atoms with Gasteiger partial charge in [-0.3, -0.25) is 14.4 Å². The van der Waals surface area contributed by atoms with Crippen LogP contribution in [0.5, 0.6) is 11.5 Å². The lowest BCUT2D eigenvalue weighted by Gasteiger charge is -2.14. The van der Waals surface area contributed by atoms with Crippen LogP contribution < -0.4 is 20.1 Å². The number of nitrogens with one attached hydrogen (secondary N) is 2. The summed E-state index contributed by atoms with van der Waals surface area (Å²) in [4.78, 5) is 36.1. The molecule has 2 aromatic rings. The minimum Gasteiger partial charge on any atom is -0.454 e. The molecule has 0 fully saturated rings. The number of carbonyl (C=O) groups is 3. The van der Waals surface area contributed by atoms with Crippen LogP contribution in [0.25, 0.3) is 0 Å². The number of rotatable bonds is 8. The third-order valence-corrected chi connectivity index (χ3v) is 4.52. The summed E-state index contributed by atoms with van der Waals surface area (Å²) < 4.78 is 15.6. The van der Waals surface area contributed by atoms with Crippen LogP contribution in [0.3, 0.4) is 0 Å². The third kappa shape index (κ3) is 5.87. The van der Waals surface area contributed by atoms with Gasteiger partial charge in [-0.05, 0) is 49.7 Å². The van der Waals surface area contributed by atoms with Gasteiger partial charge in [0.1, 0.15) is 0 Å². The first kappa shape index (κ1) is 21.4. The van der Waals surface area contributed by atoms with Crippen molar-refractivity contribution in [1.29, 1.82) is 0 Å². The van der Waals surface area contributed by atoms with Crippen molar-refractivity contribution in [2.45, 2.75) is 25.9 Å². The van der Waals surface area contributed by atoms with E-state index in [1.54, 1.807) is 42.5 Å². The van der Waals surface area contributed by atoms with Crippen molar-refractivity contribution in [2.75, 3.05) is 18.7 Å². The zero-order valence-corrected chi connectivity index (χ0v) is 17.0. The van der Waals surface area contributed by atoms with Gasteiger partial charge in [0.05, 0.1) is 0 Å². The average Bonchev–Trinajstić information content (AvgIpc) is 3.19. The predicted octanol–water partition coefficient (Wildman–Crippen LogP) is 3.15. The maximum absolute atomic E-state index is 12.2. The highest BCUT2D eigenvalue weighted by Crippen LogP contribution is 2.34. The topological polar surface area (TPSA) is 103 Å². The van der Waals surface area contributed by atoms with Gasteiger partial charge in [0.2, 0.25) is 6.79 Å². The molecule has 0 aromatic heterocycles. The van der Waals surface area contributed by atoms with Crippen molar-refractivity contribution in [3.8, 4) is 11.5 Å². The van der Waals surface area contributed by atoms with Crippen LogP contribution >= 0.6 is 11.6 Å². The Labute approximate surface area is 178 Å².